The van der Waals surface area contributed by atoms with E-state index >= 15 is 0 Å². The van der Waals surface area contributed by atoms with E-state index in [9.17, 15) is 4.79 Å². The molecule has 32 heavy (non-hydrogen) atoms. The normalized spacial score (nSPS) is 15.1. The van der Waals surface area contributed by atoms with Crippen LogP contribution in [-0.4, -0.2) is 46.9 Å². The van der Waals surface area contributed by atoms with Gasteiger partial charge in [-0.2, -0.15) is 0 Å². The van der Waals surface area contributed by atoms with Crippen LogP contribution in [0.2, 0.25) is 0 Å². The third-order valence-electron chi connectivity index (χ3n) is 5.90. The summed E-state index contributed by atoms with van der Waals surface area (Å²) in [5.74, 6) is 0.439. The maximum atomic E-state index is 12.8. The lowest BCUT2D eigenvalue weighted by molar-refractivity contribution is -0.127. The van der Waals surface area contributed by atoms with Gasteiger partial charge in [-0.25, -0.2) is 4.98 Å². The smallest absolute Gasteiger partial charge is 0.246 e. The SMILES string of the molecule is O=C(C=Cc1nc2ccccc2o1)N1CCN(C(c2ccccc2)c2ccccc2)CC1. The second-order valence-corrected chi connectivity index (χ2v) is 7.94. The van der Waals surface area contributed by atoms with Gasteiger partial charge in [-0.3, -0.25) is 9.69 Å². The average molecular weight is 424 g/mol. The summed E-state index contributed by atoms with van der Waals surface area (Å²) in [6, 6.07) is 28.9. The van der Waals surface area contributed by atoms with Crippen molar-refractivity contribution in [2.75, 3.05) is 26.2 Å². The van der Waals surface area contributed by atoms with Crippen molar-refractivity contribution in [2.24, 2.45) is 0 Å². The summed E-state index contributed by atoms with van der Waals surface area (Å²) >= 11 is 0. The van der Waals surface area contributed by atoms with Gasteiger partial charge in [0.25, 0.3) is 0 Å². The Hall–Kier alpha value is -3.70. The average Bonchev–Trinajstić information content (AvgIpc) is 3.28. The molecular weight excluding hydrogens is 398 g/mol. The number of hydrogen-bond acceptors (Lipinski definition) is 4. The lowest BCUT2D eigenvalue weighted by Gasteiger charge is -2.39. The van der Waals surface area contributed by atoms with Gasteiger partial charge >= 0.3 is 0 Å². The number of aromatic nitrogens is 1. The van der Waals surface area contributed by atoms with E-state index in [1.165, 1.54) is 11.1 Å². The van der Waals surface area contributed by atoms with E-state index in [1.54, 1.807) is 12.2 Å². The first kappa shape index (κ1) is 20.2. The van der Waals surface area contributed by atoms with Gasteiger partial charge in [0.15, 0.2) is 5.58 Å². The van der Waals surface area contributed by atoms with Crippen molar-refractivity contribution < 1.29 is 9.21 Å². The van der Waals surface area contributed by atoms with Crippen LogP contribution in [0.15, 0.2) is 95.4 Å². The van der Waals surface area contributed by atoms with Gasteiger partial charge in [0.2, 0.25) is 11.8 Å². The summed E-state index contributed by atoms with van der Waals surface area (Å²) in [6.45, 7) is 3.01. The highest BCUT2D eigenvalue weighted by atomic mass is 16.3. The first-order valence-corrected chi connectivity index (χ1v) is 10.9. The number of piperazine rings is 1. The maximum Gasteiger partial charge on any atom is 0.246 e. The fraction of sp³-hybridized carbons (Fsp3) is 0.185. The minimum absolute atomic E-state index is 0.0112. The summed E-state index contributed by atoms with van der Waals surface area (Å²) < 4.78 is 5.68. The largest absolute Gasteiger partial charge is 0.437 e. The van der Waals surface area contributed by atoms with Gasteiger partial charge in [0.1, 0.15) is 5.52 Å². The quantitative estimate of drug-likeness (QED) is 0.434. The second-order valence-electron chi connectivity index (χ2n) is 7.94. The van der Waals surface area contributed by atoms with Crippen LogP contribution in [0.5, 0.6) is 0 Å². The minimum atomic E-state index is -0.0112. The molecule has 0 unspecified atom stereocenters. The van der Waals surface area contributed by atoms with Gasteiger partial charge < -0.3 is 9.32 Å². The Morgan fingerprint density at radius 2 is 1.41 bits per heavy atom. The monoisotopic (exact) mass is 423 g/mol. The second kappa shape index (κ2) is 9.20. The predicted octanol–water partition coefficient (Wildman–Crippen LogP) is 4.77. The van der Waals surface area contributed by atoms with Crippen LogP contribution in [0.4, 0.5) is 0 Å². The minimum Gasteiger partial charge on any atom is -0.437 e. The van der Waals surface area contributed by atoms with Crippen molar-refractivity contribution in [3.8, 4) is 0 Å². The molecule has 1 aliphatic heterocycles. The van der Waals surface area contributed by atoms with Gasteiger partial charge in [0, 0.05) is 38.3 Å². The fourth-order valence-corrected chi connectivity index (χ4v) is 4.29. The van der Waals surface area contributed by atoms with Crippen molar-refractivity contribution in [2.45, 2.75) is 6.04 Å². The van der Waals surface area contributed by atoms with Crippen LogP contribution >= 0.6 is 0 Å². The molecule has 0 saturated carbocycles. The summed E-state index contributed by atoms with van der Waals surface area (Å²) in [5, 5.41) is 0. The van der Waals surface area contributed by atoms with Crippen molar-refractivity contribution in [1.82, 2.24) is 14.8 Å². The summed E-state index contributed by atoms with van der Waals surface area (Å²) in [5.41, 5.74) is 4.06. The first-order chi connectivity index (χ1) is 15.8. The molecule has 5 rings (SSSR count). The number of hydrogen-bond donors (Lipinski definition) is 0. The fourth-order valence-electron chi connectivity index (χ4n) is 4.29. The predicted molar refractivity (Wildman–Crippen MR) is 126 cm³/mol. The number of oxazole rings is 1. The van der Waals surface area contributed by atoms with Crippen LogP contribution in [0.3, 0.4) is 0 Å². The number of para-hydroxylation sites is 2. The summed E-state index contributed by atoms with van der Waals surface area (Å²) in [4.78, 5) is 21.5. The Morgan fingerprint density at radius 3 is 2.03 bits per heavy atom. The number of nitrogens with zero attached hydrogens (tertiary/aromatic N) is 3. The number of rotatable bonds is 5. The van der Waals surface area contributed by atoms with Crippen molar-refractivity contribution in [1.29, 1.82) is 0 Å². The van der Waals surface area contributed by atoms with Crippen molar-refractivity contribution in [3.63, 3.8) is 0 Å². The molecule has 0 spiro atoms. The van der Waals surface area contributed by atoms with E-state index in [2.05, 4.69) is 58.4 Å². The van der Waals surface area contributed by atoms with Gasteiger partial charge in [-0.05, 0) is 23.3 Å². The van der Waals surface area contributed by atoms with Crippen LogP contribution in [0, 0.1) is 0 Å². The van der Waals surface area contributed by atoms with E-state index in [0.717, 1.165) is 24.2 Å². The molecule has 0 aliphatic carbocycles. The molecule has 1 aromatic heterocycles. The van der Waals surface area contributed by atoms with E-state index < -0.39 is 0 Å². The topological polar surface area (TPSA) is 49.6 Å². The Bertz CT molecular complexity index is 1140. The Morgan fingerprint density at radius 1 is 0.812 bits per heavy atom. The molecule has 1 fully saturated rings. The summed E-state index contributed by atoms with van der Waals surface area (Å²) in [6.07, 6.45) is 3.22. The van der Waals surface area contributed by atoms with Gasteiger partial charge in [0.05, 0.1) is 6.04 Å². The standard InChI is InChI=1S/C27H25N3O2/c31-26(16-15-25-28-23-13-7-8-14-24(23)32-25)29-17-19-30(20-18-29)27(21-9-3-1-4-10-21)22-11-5-2-6-12-22/h1-16,27H,17-20H2. The Kier molecular flexibility index (Phi) is 5.81. The van der Waals surface area contributed by atoms with Gasteiger partial charge in [-0.15, -0.1) is 0 Å². The van der Waals surface area contributed by atoms with Crippen molar-refractivity contribution in [3.05, 3.63) is 108 Å². The molecule has 5 nitrogen and oxygen atoms in total. The highest BCUT2D eigenvalue weighted by Gasteiger charge is 2.27. The molecule has 0 bridgehead atoms. The zero-order valence-corrected chi connectivity index (χ0v) is 17.8. The molecule has 2 heterocycles. The molecule has 0 atom stereocenters. The Balaban J connectivity index is 1.26. The highest BCUT2D eigenvalue weighted by molar-refractivity contribution is 5.91. The molecule has 3 aromatic carbocycles. The number of benzene rings is 3. The zero-order valence-electron chi connectivity index (χ0n) is 17.8. The number of fused-ring (bicyclic) bond motifs is 1. The Labute approximate surface area is 187 Å². The van der Waals surface area contributed by atoms with E-state index in [0.29, 0.717) is 19.0 Å². The molecule has 1 amide bonds. The van der Waals surface area contributed by atoms with Crippen LogP contribution in [-0.2, 0) is 4.79 Å². The lowest BCUT2D eigenvalue weighted by atomic mass is 9.96. The number of carbonyl (C=O) groups is 1. The first-order valence-electron chi connectivity index (χ1n) is 10.9. The third kappa shape index (κ3) is 4.34. The van der Waals surface area contributed by atoms with Gasteiger partial charge in [-0.1, -0.05) is 72.8 Å². The van der Waals surface area contributed by atoms with E-state index in [-0.39, 0.29) is 11.9 Å². The highest BCUT2D eigenvalue weighted by Crippen LogP contribution is 2.29. The lowest BCUT2D eigenvalue weighted by Crippen LogP contribution is -2.49. The molecule has 0 N–H and O–H groups in total. The van der Waals surface area contributed by atoms with Crippen LogP contribution in [0.25, 0.3) is 17.2 Å². The maximum absolute atomic E-state index is 12.8. The molecule has 160 valence electrons. The molecule has 0 radical (unpaired) electrons. The number of amides is 1. The van der Waals surface area contributed by atoms with E-state index in [1.807, 2.05) is 41.3 Å². The molecular formula is C27H25N3O2. The summed E-state index contributed by atoms with van der Waals surface area (Å²) in [7, 11) is 0. The molecule has 4 aromatic rings. The molecule has 1 saturated heterocycles. The third-order valence-corrected chi connectivity index (χ3v) is 5.90. The van der Waals surface area contributed by atoms with Crippen LogP contribution < -0.4 is 0 Å². The number of carbonyl (C=O) groups excluding carboxylic acids is 1. The van der Waals surface area contributed by atoms with Crippen LogP contribution in [0.1, 0.15) is 23.1 Å². The van der Waals surface area contributed by atoms with E-state index in [4.69, 9.17) is 4.42 Å². The molecule has 1 aliphatic rings. The zero-order chi connectivity index (χ0) is 21.8. The van der Waals surface area contributed by atoms with Crippen molar-refractivity contribution >= 4 is 23.1 Å². The molecule has 5 heteroatoms.